The van der Waals surface area contributed by atoms with Crippen LogP contribution in [0.15, 0.2) is 21.9 Å². The number of hydrogen-bond acceptors (Lipinski definition) is 4. The van der Waals surface area contributed by atoms with Gasteiger partial charge in [0, 0.05) is 31.6 Å². The highest BCUT2D eigenvalue weighted by Crippen LogP contribution is 2.23. The molecule has 0 saturated heterocycles. The maximum absolute atomic E-state index is 12.0. The lowest BCUT2D eigenvalue weighted by Gasteiger charge is -2.19. The number of carbonyl (C=O) groups excluding carboxylic acids is 2. The van der Waals surface area contributed by atoms with E-state index in [-0.39, 0.29) is 28.7 Å². The fraction of sp³-hybridized carbons (Fsp3) is 0.647. The quantitative estimate of drug-likeness (QED) is 0.584. The third-order valence-corrected chi connectivity index (χ3v) is 4.41. The molecule has 0 aromatic carbocycles. The van der Waals surface area contributed by atoms with Crippen LogP contribution in [-0.4, -0.2) is 21.1 Å². The molecule has 126 valence electrons. The number of nitrogens with zero attached hydrogens (tertiary/aromatic N) is 1. The number of ketones is 2. The van der Waals surface area contributed by atoms with Crippen LogP contribution in [0.1, 0.15) is 57.8 Å². The molecule has 0 aliphatic heterocycles. The molecule has 1 atom stereocenters. The molecule has 0 spiro atoms. The standard InChI is InChI=1S/C17H24N2O4/c20-14(13-7-4-5-9-15(13)21)8-3-1-2-6-11-19-12-10-16(22)18-17(19)23/h10,12-13H,1-9,11H2,(H,18,22,23). The molecule has 0 radical (unpaired) electrons. The van der Waals surface area contributed by atoms with Crippen LogP contribution >= 0.6 is 0 Å². The van der Waals surface area contributed by atoms with Gasteiger partial charge in [0.15, 0.2) is 0 Å². The normalized spacial score (nSPS) is 18.1. The molecule has 1 N–H and O–H groups in total. The first kappa shape index (κ1) is 17.4. The van der Waals surface area contributed by atoms with Crippen molar-refractivity contribution in [2.75, 3.05) is 0 Å². The number of hydrogen-bond donors (Lipinski definition) is 1. The predicted molar refractivity (Wildman–Crippen MR) is 86.4 cm³/mol. The largest absolute Gasteiger partial charge is 0.328 e. The van der Waals surface area contributed by atoms with E-state index in [4.69, 9.17) is 0 Å². The van der Waals surface area contributed by atoms with Gasteiger partial charge in [0.25, 0.3) is 5.56 Å². The highest BCUT2D eigenvalue weighted by atomic mass is 16.2. The van der Waals surface area contributed by atoms with Crippen LogP contribution in [0.3, 0.4) is 0 Å². The van der Waals surface area contributed by atoms with E-state index in [1.807, 2.05) is 0 Å². The maximum Gasteiger partial charge on any atom is 0.328 e. The Labute approximate surface area is 134 Å². The van der Waals surface area contributed by atoms with E-state index in [1.165, 1.54) is 16.8 Å². The summed E-state index contributed by atoms with van der Waals surface area (Å²) in [7, 11) is 0. The maximum atomic E-state index is 12.0. The average Bonchev–Trinajstić information content (AvgIpc) is 2.52. The Bertz CT molecular complexity index is 659. The minimum absolute atomic E-state index is 0.103. The Hall–Kier alpha value is -1.98. The van der Waals surface area contributed by atoms with Crippen LogP contribution in [-0.2, 0) is 16.1 Å². The molecular weight excluding hydrogens is 296 g/mol. The summed E-state index contributed by atoms with van der Waals surface area (Å²) in [5, 5.41) is 0. The minimum atomic E-state index is -0.387. The summed E-state index contributed by atoms with van der Waals surface area (Å²) < 4.78 is 1.48. The molecule has 1 aromatic heterocycles. The van der Waals surface area contributed by atoms with Crippen molar-refractivity contribution in [1.29, 1.82) is 0 Å². The first-order valence-electron chi connectivity index (χ1n) is 8.43. The number of H-pyrrole nitrogens is 1. The van der Waals surface area contributed by atoms with Crippen molar-refractivity contribution in [1.82, 2.24) is 9.55 Å². The Morgan fingerprint density at radius 3 is 2.65 bits per heavy atom. The molecule has 6 nitrogen and oxygen atoms in total. The fourth-order valence-electron chi connectivity index (χ4n) is 3.05. The first-order chi connectivity index (χ1) is 11.1. The van der Waals surface area contributed by atoms with Crippen LogP contribution in [0.2, 0.25) is 0 Å². The summed E-state index contributed by atoms with van der Waals surface area (Å²) in [5.74, 6) is -0.117. The molecule has 2 rings (SSSR count). The molecule has 1 aromatic rings. The summed E-state index contributed by atoms with van der Waals surface area (Å²) >= 11 is 0. The van der Waals surface area contributed by atoms with Gasteiger partial charge in [-0.3, -0.25) is 19.4 Å². The number of aryl methyl sites for hydroxylation is 1. The molecule has 0 bridgehead atoms. The lowest BCUT2D eigenvalue weighted by Crippen LogP contribution is -2.28. The van der Waals surface area contributed by atoms with Crippen molar-refractivity contribution in [3.63, 3.8) is 0 Å². The zero-order valence-electron chi connectivity index (χ0n) is 13.4. The number of aromatic nitrogens is 2. The summed E-state index contributed by atoms with van der Waals surface area (Å²) in [6.07, 6.45) is 8.61. The lowest BCUT2D eigenvalue weighted by atomic mass is 9.83. The molecule has 1 unspecified atom stereocenters. The third kappa shape index (κ3) is 5.30. The number of unbranched alkanes of at least 4 members (excludes halogenated alkanes) is 3. The summed E-state index contributed by atoms with van der Waals surface area (Å²) in [5.41, 5.74) is -0.773. The van der Waals surface area contributed by atoms with Crippen molar-refractivity contribution < 1.29 is 9.59 Å². The van der Waals surface area contributed by atoms with Gasteiger partial charge >= 0.3 is 5.69 Å². The van der Waals surface area contributed by atoms with E-state index in [0.29, 0.717) is 19.4 Å². The summed E-state index contributed by atoms with van der Waals surface area (Å²) in [4.78, 5) is 48.4. The van der Waals surface area contributed by atoms with E-state index in [2.05, 4.69) is 4.98 Å². The molecule has 6 heteroatoms. The SMILES string of the molecule is O=C(CCCCCCn1ccc(=O)[nH]c1=O)C1CCCCC1=O. The molecule has 23 heavy (non-hydrogen) atoms. The Morgan fingerprint density at radius 2 is 1.91 bits per heavy atom. The summed E-state index contributed by atoms with van der Waals surface area (Å²) in [6.45, 7) is 0.560. The van der Waals surface area contributed by atoms with Crippen molar-refractivity contribution in [2.24, 2.45) is 5.92 Å². The van der Waals surface area contributed by atoms with Crippen molar-refractivity contribution in [2.45, 2.75) is 64.3 Å². The van der Waals surface area contributed by atoms with Gasteiger partial charge in [-0.1, -0.05) is 19.3 Å². The second kappa shape index (κ2) is 8.60. The highest BCUT2D eigenvalue weighted by Gasteiger charge is 2.27. The Balaban J connectivity index is 1.62. The van der Waals surface area contributed by atoms with Gasteiger partial charge in [-0.25, -0.2) is 4.79 Å². The average molecular weight is 320 g/mol. The zero-order valence-corrected chi connectivity index (χ0v) is 13.4. The van der Waals surface area contributed by atoms with E-state index in [1.54, 1.807) is 0 Å². The molecule has 1 aliphatic carbocycles. The van der Waals surface area contributed by atoms with Crippen LogP contribution in [0.4, 0.5) is 0 Å². The van der Waals surface area contributed by atoms with E-state index in [0.717, 1.165) is 44.9 Å². The molecule has 1 fully saturated rings. The minimum Gasteiger partial charge on any atom is -0.301 e. The molecule has 1 saturated carbocycles. The van der Waals surface area contributed by atoms with Crippen LogP contribution in [0.5, 0.6) is 0 Å². The fourth-order valence-corrected chi connectivity index (χ4v) is 3.05. The number of Topliss-reactive ketones (excluding diaryl/α,β-unsaturated/α-hetero) is 2. The molecule has 0 amide bonds. The number of aromatic amines is 1. The van der Waals surface area contributed by atoms with Gasteiger partial charge in [-0.05, 0) is 25.7 Å². The van der Waals surface area contributed by atoms with Crippen molar-refractivity contribution in [3.8, 4) is 0 Å². The van der Waals surface area contributed by atoms with Crippen LogP contribution in [0, 0.1) is 5.92 Å². The van der Waals surface area contributed by atoms with Gasteiger partial charge in [0.1, 0.15) is 11.6 Å². The van der Waals surface area contributed by atoms with Gasteiger partial charge in [0.05, 0.1) is 5.92 Å². The number of carbonyl (C=O) groups is 2. The lowest BCUT2D eigenvalue weighted by molar-refractivity contribution is -0.134. The van der Waals surface area contributed by atoms with Gasteiger partial charge < -0.3 is 4.57 Å². The predicted octanol–water partition coefficient (Wildman–Crippen LogP) is 1.82. The van der Waals surface area contributed by atoms with Gasteiger partial charge in [-0.15, -0.1) is 0 Å². The van der Waals surface area contributed by atoms with Gasteiger partial charge in [0.2, 0.25) is 0 Å². The van der Waals surface area contributed by atoms with Crippen molar-refractivity contribution >= 4 is 11.6 Å². The number of nitrogens with one attached hydrogen (secondary N) is 1. The second-order valence-electron chi connectivity index (χ2n) is 6.20. The van der Waals surface area contributed by atoms with Gasteiger partial charge in [-0.2, -0.15) is 0 Å². The third-order valence-electron chi connectivity index (χ3n) is 4.41. The Kier molecular flexibility index (Phi) is 6.50. The summed E-state index contributed by atoms with van der Waals surface area (Å²) in [6, 6.07) is 1.33. The highest BCUT2D eigenvalue weighted by molar-refractivity contribution is 6.02. The smallest absolute Gasteiger partial charge is 0.301 e. The molecule has 1 aliphatic rings. The van der Waals surface area contributed by atoms with E-state index in [9.17, 15) is 19.2 Å². The second-order valence-corrected chi connectivity index (χ2v) is 6.20. The monoisotopic (exact) mass is 320 g/mol. The number of rotatable bonds is 8. The van der Waals surface area contributed by atoms with Crippen molar-refractivity contribution in [3.05, 3.63) is 33.1 Å². The Morgan fingerprint density at radius 1 is 1.13 bits per heavy atom. The topological polar surface area (TPSA) is 89.0 Å². The zero-order chi connectivity index (χ0) is 16.7. The van der Waals surface area contributed by atoms with Crippen LogP contribution < -0.4 is 11.2 Å². The molecular formula is C17H24N2O4. The first-order valence-corrected chi connectivity index (χ1v) is 8.43. The van der Waals surface area contributed by atoms with Crippen LogP contribution in [0.25, 0.3) is 0 Å². The van der Waals surface area contributed by atoms with E-state index >= 15 is 0 Å². The van der Waals surface area contributed by atoms with E-state index < -0.39 is 0 Å². The molecule has 1 heterocycles.